The molecule has 2 fully saturated rings. The molecule has 2 aliphatic rings. The summed E-state index contributed by atoms with van der Waals surface area (Å²) in [6, 6.07) is 0.894. The van der Waals surface area contributed by atoms with E-state index in [0.717, 1.165) is 13.2 Å². The summed E-state index contributed by atoms with van der Waals surface area (Å²) in [4.78, 5) is 0. The maximum atomic E-state index is 5.21. The number of ether oxygens (including phenoxy) is 2. The molecule has 10 heavy (non-hydrogen) atoms. The van der Waals surface area contributed by atoms with Crippen LogP contribution in [0.3, 0.4) is 0 Å². The predicted molar refractivity (Wildman–Crippen MR) is 35.5 cm³/mol. The zero-order valence-electron chi connectivity index (χ0n) is 5.80. The third kappa shape index (κ3) is 1.15. The van der Waals surface area contributed by atoms with Gasteiger partial charge in [-0.05, 0) is 0 Å². The van der Waals surface area contributed by atoms with Crippen LogP contribution in [0, 0.1) is 0 Å². The van der Waals surface area contributed by atoms with Crippen LogP contribution in [0.1, 0.15) is 0 Å². The van der Waals surface area contributed by atoms with Gasteiger partial charge in [0.15, 0.2) is 0 Å². The Labute approximate surface area is 59.9 Å². The number of hydrogen-bond donors (Lipinski definition) is 2. The standard InChI is InChI=1S/C6H12N2O2/c1-5-6(8-3-9-1)2-10-4-7-5/h5-8H,1-4H2/t5-,6-/m1/s1. The molecule has 4 heteroatoms. The molecular weight excluding hydrogens is 132 g/mol. The zero-order chi connectivity index (χ0) is 6.81. The molecule has 0 aromatic heterocycles. The Morgan fingerprint density at radius 1 is 0.900 bits per heavy atom. The van der Waals surface area contributed by atoms with E-state index in [0.29, 0.717) is 25.5 Å². The van der Waals surface area contributed by atoms with Crippen molar-refractivity contribution in [3.05, 3.63) is 0 Å². The number of fused-ring (bicyclic) bond motifs is 1. The van der Waals surface area contributed by atoms with Crippen LogP contribution >= 0.6 is 0 Å². The van der Waals surface area contributed by atoms with Crippen LogP contribution < -0.4 is 10.6 Å². The van der Waals surface area contributed by atoms with Crippen molar-refractivity contribution >= 4 is 0 Å². The first-order valence-electron chi connectivity index (χ1n) is 3.59. The molecule has 0 bridgehead atoms. The van der Waals surface area contributed by atoms with Gasteiger partial charge in [0.25, 0.3) is 0 Å². The van der Waals surface area contributed by atoms with E-state index in [1.807, 2.05) is 0 Å². The predicted octanol–water partition coefficient (Wildman–Crippen LogP) is -1.12. The van der Waals surface area contributed by atoms with Gasteiger partial charge in [-0.1, -0.05) is 0 Å². The molecule has 2 aliphatic heterocycles. The van der Waals surface area contributed by atoms with Crippen molar-refractivity contribution in [2.45, 2.75) is 12.1 Å². The molecule has 2 rings (SSSR count). The van der Waals surface area contributed by atoms with E-state index in [-0.39, 0.29) is 0 Å². The van der Waals surface area contributed by atoms with E-state index in [2.05, 4.69) is 10.6 Å². The summed E-state index contributed by atoms with van der Waals surface area (Å²) < 4.78 is 10.4. The van der Waals surface area contributed by atoms with Crippen molar-refractivity contribution in [1.82, 2.24) is 10.6 Å². The van der Waals surface area contributed by atoms with Crippen LogP contribution in [-0.2, 0) is 9.47 Å². The molecule has 0 amide bonds. The van der Waals surface area contributed by atoms with Gasteiger partial charge in [-0.2, -0.15) is 0 Å². The smallest absolute Gasteiger partial charge is 0.0969 e. The maximum absolute atomic E-state index is 5.21. The second-order valence-corrected chi connectivity index (χ2v) is 2.65. The number of nitrogens with one attached hydrogen (secondary N) is 2. The summed E-state index contributed by atoms with van der Waals surface area (Å²) in [5.41, 5.74) is 0. The Bertz CT molecular complexity index is 94.3. The second kappa shape index (κ2) is 2.84. The molecule has 0 aromatic rings. The monoisotopic (exact) mass is 144 g/mol. The van der Waals surface area contributed by atoms with E-state index in [1.165, 1.54) is 0 Å². The quantitative estimate of drug-likeness (QED) is 0.452. The van der Waals surface area contributed by atoms with Crippen LogP contribution in [0.25, 0.3) is 0 Å². The van der Waals surface area contributed by atoms with Crippen LogP contribution in [0.15, 0.2) is 0 Å². The number of hydrogen-bond acceptors (Lipinski definition) is 4. The van der Waals surface area contributed by atoms with Gasteiger partial charge in [0.05, 0.1) is 26.7 Å². The van der Waals surface area contributed by atoms with Crippen LogP contribution in [0.2, 0.25) is 0 Å². The molecule has 2 atom stereocenters. The molecule has 0 saturated carbocycles. The summed E-state index contributed by atoms with van der Waals surface area (Å²) in [5.74, 6) is 0. The fourth-order valence-corrected chi connectivity index (χ4v) is 1.34. The van der Waals surface area contributed by atoms with Gasteiger partial charge in [0.2, 0.25) is 0 Å². The molecule has 0 aromatic carbocycles. The lowest BCUT2D eigenvalue weighted by molar-refractivity contribution is -0.0423. The summed E-state index contributed by atoms with van der Waals surface area (Å²) in [7, 11) is 0. The first kappa shape index (κ1) is 6.54. The fraction of sp³-hybridized carbons (Fsp3) is 1.00. The molecule has 0 aliphatic carbocycles. The normalized spacial score (nSPS) is 40.8. The Balaban J connectivity index is 1.93. The third-order valence-electron chi connectivity index (χ3n) is 1.98. The van der Waals surface area contributed by atoms with Gasteiger partial charge in [-0.25, -0.2) is 0 Å². The van der Waals surface area contributed by atoms with E-state index in [1.54, 1.807) is 0 Å². The average molecular weight is 144 g/mol. The van der Waals surface area contributed by atoms with E-state index < -0.39 is 0 Å². The summed E-state index contributed by atoms with van der Waals surface area (Å²) >= 11 is 0. The Morgan fingerprint density at radius 3 is 1.90 bits per heavy atom. The van der Waals surface area contributed by atoms with Crippen molar-refractivity contribution < 1.29 is 9.47 Å². The highest BCUT2D eigenvalue weighted by Gasteiger charge is 2.27. The van der Waals surface area contributed by atoms with Crippen molar-refractivity contribution in [2.24, 2.45) is 0 Å². The lowest BCUT2D eigenvalue weighted by Gasteiger charge is -2.36. The van der Waals surface area contributed by atoms with E-state index in [9.17, 15) is 0 Å². The van der Waals surface area contributed by atoms with Gasteiger partial charge < -0.3 is 9.47 Å². The van der Waals surface area contributed by atoms with Crippen LogP contribution in [0.5, 0.6) is 0 Å². The van der Waals surface area contributed by atoms with Crippen molar-refractivity contribution in [2.75, 3.05) is 26.7 Å². The van der Waals surface area contributed by atoms with E-state index >= 15 is 0 Å². The minimum atomic E-state index is 0.447. The topological polar surface area (TPSA) is 42.5 Å². The van der Waals surface area contributed by atoms with Crippen LogP contribution in [0.4, 0.5) is 0 Å². The van der Waals surface area contributed by atoms with E-state index in [4.69, 9.17) is 9.47 Å². The largest absolute Gasteiger partial charge is 0.365 e. The molecule has 2 saturated heterocycles. The molecule has 0 spiro atoms. The summed E-state index contributed by atoms with van der Waals surface area (Å²) in [6.45, 7) is 2.93. The lowest BCUT2D eigenvalue weighted by atomic mass is 10.1. The van der Waals surface area contributed by atoms with Crippen molar-refractivity contribution in [3.63, 3.8) is 0 Å². The maximum Gasteiger partial charge on any atom is 0.0969 e. The van der Waals surface area contributed by atoms with Crippen molar-refractivity contribution in [3.8, 4) is 0 Å². The Hall–Kier alpha value is -0.160. The average Bonchev–Trinajstić information content (AvgIpc) is 2.05. The van der Waals surface area contributed by atoms with Crippen LogP contribution in [-0.4, -0.2) is 38.8 Å². The minimum absolute atomic E-state index is 0.447. The fourth-order valence-electron chi connectivity index (χ4n) is 1.34. The Morgan fingerprint density at radius 2 is 1.40 bits per heavy atom. The molecule has 58 valence electrons. The first-order valence-corrected chi connectivity index (χ1v) is 3.59. The summed E-state index contributed by atoms with van der Waals surface area (Å²) in [5, 5.41) is 6.42. The zero-order valence-corrected chi connectivity index (χ0v) is 5.80. The van der Waals surface area contributed by atoms with Gasteiger partial charge >= 0.3 is 0 Å². The molecule has 2 N–H and O–H groups in total. The highest BCUT2D eigenvalue weighted by atomic mass is 16.5. The lowest BCUT2D eigenvalue weighted by Crippen LogP contribution is -2.60. The molecule has 2 heterocycles. The minimum Gasteiger partial charge on any atom is -0.365 e. The molecular formula is C6H12N2O2. The SMILES string of the molecule is C1N[C@@H]2COCN[C@@H]2CO1. The van der Waals surface area contributed by atoms with Gasteiger partial charge in [0.1, 0.15) is 0 Å². The third-order valence-corrected chi connectivity index (χ3v) is 1.98. The highest BCUT2D eigenvalue weighted by molar-refractivity contribution is 4.85. The molecule has 4 nitrogen and oxygen atoms in total. The van der Waals surface area contributed by atoms with Gasteiger partial charge in [-0.3, -0.25) is 10.6 Å². The van der Waals surface area contributed by atoms with Crippen molar-refractivity contribution in [1.29, 1.82) is 0 Å². The summed E-state index contributed by atoms with van der Waals surface area (Å²) in [6.07, 6.45) is 0. The first-order chi connectivity index (χ1) is 4.97. The molecule has 0 unspecified atom stereocenters. The van der Waals surface area contributed by atoms with Gasteiger partial charge in [-0.15, -0.1) is 0 Å². The second-order valence-electron chi connectivity index (χ2n) is 2.65. The van der Waals surface area contributed by atoms with Gasteiger partial charge in [0, 0.05) is 12.1 Å². The number of rotatable bonds is 0. The Kier molecular flexibility index (Phi) is 1.86. The molecule has 0 radical (unpaired) electrons. The highest BCUT2D eigenvalue weighted by Crippen LogP contribution is 2.04.